The van der Waals surface area contributed by atoms with Gasteiger partial charge in [-0.1, -0.05) is 154 Å². The number of aliphatic carboxylic acids is 2. The molecule has 0 saturated heterocycles. The number of esters is 1. The van der Waals surface area contributed by atoms with Crippen LogP contribution in [0.5, 0.6) is 0 Å². The molecule has 0 aromatic rings. The standard InChI is InChI=1S/C33H58O2.C8H14O3.C4H6O2/c34-33(35)32(30-26-20-14-8-3-9-15-21-27-30)31(28-22-16-10-4-1-5-11-17-23-28)29-24-18-12-6-2-7-13-19-25-29;1-5-10-7(4)11-8(9)6(2)3;1-3(2)4(5)6/h28-30H,1-27H2,(H,34,35);7H,2,5H2,1,3-4H3;1H2,2H3,(H,5,6). The minimum Gasteiger partial charge on any atom is -0.478 e. The van der Waals surface area contributed by atoms with E-state index < -0.39 is 24.2 Å². The molecule has 52 heavy (non-hydrogen) atoms. The van der Waals surface area contributed by atoms with E-state index in [-0.39, 0.29) is 5.57 Å². The Bertz CT molecular complexity index is 990. The molecule has 2 N–H and O–H groups in total. The van der Waals surface area contributed by atoms with Gasteiger partial charge in [0.15, 0.2) is 6.29 Å². The third kappa shape index (κ3) is 22.0. The average Bonchev–Trinajstić information content (AvgIpc) is 3.11. The second-order valence-electron chi connectivity index (χ2n) is 15.7. The van der Waals surface area contributed by atoms with Crippen LogP contribution in [0.3, 0.4) is 0 Å². The van der Waals surface area contributed by atoms with Gasteiger partial charge in [-0.3, -0.25) is 0 Å². The molecule has 0 aliphatic heterocycles. The summed E-state index contributed by atoms with van der Waals surface area (Å²) in [5.74, 6) is -0.534. The zero-order valence-electron chi connectivity index (χ0n) is 34.0. The van der Waals surface area contributed by atoms with Gasteiger partial charge < -0.3 is 19.7 Å². The lowest BCUT2D eigenvalue weighted by molar-refractivity contribution is -0.169. The van der Waals surface area contributed by atoms with Gasteiger partial charge in [-0.25, -0.2) is 14.4 Å². The Hall–Kier alpha value is -2.41. The fourth-order valence-corrected chi connectivity index (χ4v) is 8.17. The summed E-state index contributed by atoms with van der Waals surface area (Å²) in [6.07, 6.45) is 34.8. The number of hydrogen-bond donors (Lipinski definition) is 2. The minimum atomic E-state index is -0.935. The van der Waals surface area contributed by atoms with E-state index in [1.807, 2.05) is 6.92 Å². The highest BCUT2D eigenvalue weighted by Gasteiger charge is 2.32. The van der Waals surface area contributed by atoms with Crippen molar-refractivity contribution in [1.29, 1.82) is 0 Å². The normalized spacial score (nSPS) is 20.2. The molecule has 3 saturated carbocycles. The first kappa shape index (κ1) is 47.6. The first-order chi connectivity index (χ1) is 25.0. The van der Waals surface area contributed by atoms with Crippen molar-refractivity contribution < 1.29 is 34.1 Å². The highest BCUT2D eigenvalue weighted by atomic mass is 16.7. The molecule has 3 aliphatic carbocycles. The molecular weight excluding hydrogens is 652 g/mol. The van der Waals surface area contributed by atoms with Crippen molar-refractivity contribution in [3.63, 3.8) is 0 Å². The predicted molar refractivity (Wildman–Crippen MR) is 214 cm³/mol. The molecule has 3 fully saturated rings. The average molecular weight is 731 g/mol. The number of carbonyl (C=O) groups is 3. The van der Waals surface area contributed by atoms with Gasteiger partial charge in [0.25, 0.3) is 0 Å². The molecule has 7 heteroatoms. The van der Waals surface area contributed by atoms with Crippen molar-refractivity contribution in [2.75, 3.05) is 6.61 Å². The fourth-order valence-electron chi connectivity index (χ4n) is 8.17. The van der Waals surface area contributed by atoms with Crippen LogP contribution >= 0.6 is 0 Å². The third-order valence-electron chi connectivity index (χ3n) is 11.0. The molecule has 3 rings (SSSR count). The fraction of sp³-hybridized carbons (Fsp3) is 0.800. The first-order valence-corrected chi connectivity index (χ1v) is 21.3. The first-order valence-electron chi connectivity index (χ1n) is 21.3. The van der Waals surface area contributed by atoms with Crippen molar-refractivity contribution in [3.8, 4) is 0 Å². The van der Waals surface area contributed by atoms with Gasteiger partial charge in [-0.15, -0.1) is 0 Å². The predicted octanol–water partition coefficient (Wildman–Crippen LogP) is 12.9. The third-order valence-corrected chi connectivity index (χ3v) is 11.0. The zero-order valence-corrected chi connectivity index (χ0v) is 34.0. The quantitative estimate of drug-likeness (QED) is 0.138. The lowest BCUT2D eigenvalue weighted by Gasteiger charge is -2.34. The van der Waals surface area contributed by atoms with Crippen LogP contribution in [-0.2, 0) is 23.9 Å². The van der Waals surface area contributed by atoms with Gasteiger partial charge in [0.05, 0.1) is 0 Å². The topological polar surface area (TPSA) is 110 Å². The van der Waals surface area contributed by atoms with Crippen molar-refractivity contribution >= 4 is 17.9 Å². The maximum absolute atomic E-state index is 13.2. The Balaban J connectivity index is 0.000000658. The van der Waals surface area contributed by atoms with Crippen molar-refractivity contribution in [3.05, 3.63) is 35.5 Å². The summed E-state index contributed by atoms with van der Waals surface area (Å²) in [6, 6.07) is 0. The Kier molecular flexibility index (Phi) is 27.4. The maximum Gasteiger partial charge on any atom is 0.335 e. The number of carbonyl (C=O) groups excluding carboxylic acids is 1. The molecule has 0 aromatic carbocycles. The van der Waals surface area contributed by atoms with E-state index in [0.29, 0.717) is 29.9 Å². The van der Waals surface area contributed by atoms with E-state index in [9.17, 15) is 19.5 Å². The van der Waals surface area contributed by atoms with Crippen molar-refractivity contribution in [1.82, 2.24) is 0 Å². The Morgan fingerprint density at radius 1 is 0.538 bits per heavy atom. The smallest absolute Gasteiger partial charge is 0.335 e. The number of carboxylic acid groups (broad SMARTS) is 2. The second-order valence-corrected chi connectivity index (χ2v) is 15.7. The molecule has 3 aliphatic rings. The van der Waals surface area contributed by atoms with Crippen LogP contribution in [0.25, 0.3) is 0 Å². The molecule has 0 amide bonds. The molecule has 1 atom stereocenters. The molecule has 0 aromatic heterocycles. The highest BCUT2D eigenvalue weighted by Crippen LogP contribution is 2.42. The molecule has 0 bridgehead atoms. The van der Waals surface area contributed by atoms with E-state index in [1.54, 1.807) is 13.8 Å². The summed E-state index contributed by atoms with van der Waals surface area (Å²) in [7, 11) is 0. The summed E-state index contributed by atoms with van der Waals surface area (Å²) in [5.41, 5.74) is 2.99. The van der Waals surface area contributed by atoms with E-state index in [2.05, 4.69) is 13.2 Å². The minimum absolute atomic E-state index is 0.176. The van der Waals surface area contributed by atoms with Crippen LogP contribution in [0.4, 0.5) is 0 Å². The van der Waals surface area contributed by atoms with E-state index in [4.69, 9.17) is 14.6 Å². The monoisotopic (exact) mass is 731 g/mol. The maximum atomic E-state index is 13.2. The van der Waals surface area contributed by atoms with E-state index in [0.717, 1.165) is 18.4 Å². The molecule has 0 heterocycles. The van der Waals surface area contributed by atoms with Crippen LogP contribution in [-0.4, -0.2) is 41.0 Å². The Morgan fingerprint density at radius 3 is 1.08 bits per heavy atom. The molecule has 0 spiro atoms. The summed E-state index contributed by atoms with van der Waals surface area (Å²) in [4.78, 5) is 33.6. The summed E-state index contributed by atoms with van der Waals surface area (Å²) >= 11 is 0. The SMILES string of the molecule is C=C(C)C(=O)O.C=C(C)C(=O)OC(C)OCC.O=C(O)C(=C(C1CCCCCCCCC1)C1CCCCCCCCC1)C1CCCCCCCCC1. The van der Waals surface area contributed by atoms with Gasteiger partial charge in [-0.05, 0) is 84.0 Å². The lowest BCUT2D eigenvalue weighted by Crippen LogP contribution is -2.25. The van der Waals surface area contributed by atoms with E-state index in [1.165, 1.54) is 173 Å². The summed E-state index contributed by atoms with van der Waals surface area (Å²) in [5, 5.41) is 18.7. The van der Waals surface area contributed by atoms with Crippen molar-refractivity contribution in [2.45, 2.75) is 207 Å². The molecule has 300 valence electrons. The molecule has 1 unspecified atom stereocenters. The Morgan fingerprint density at radius 2 is 0.827 bits per heavy atom. The highest BCUT2D eigenvalue weighted by molar-refractivity contribution is 5.88. The van der Waals surface area contributed by atoms with Gasteiger partial charge in [-0.2, -0.15) is 0 Å². The van der Waals surface area contributed by atoms with Gasteiger partial charge >= 0.3 is 17.9 Å². The number of allylic oxidation sites excluding steroid dienone is 1. The van der Waals surface area contributed by atoms with Crippen molar-refractivity contribution in [2.24, 2.45) is 17.8 Å². The van der Waals surface area contributed by atoms with Crippen LogP contribution < -0.4 is 0 Å². The molecule has 0 radical (unpaired) electrons. The largest absolute Gasteiger partial charge is 0.478 e. The van der Waals surface area contributed by atoms with Crippen LogP contribution in [0.2, 0.25) is 0 Å². The summed E-state index contributed by atoms with van der Waals surface area (Å²) < 4.78 is 9.77. The number of ether oxygens (including phenoxy) is 2. The Labute approximate surface area is 318 Å². The number of rotatable bonds is 9. The molecular formula is C45H78O7. The number of hydrogen-bond acceptors (Lipinski definition) is 5. The molecule has 7 nitrogen and oxygen atoms in total. The van der Waals surface area contributed by atoms with Crippen LogP contribution in [0.1, 0.15) is 201 Å². The van der Waals surface area contributed by atoms with Gasteiger partial charge in [0.1, 0.15) is 0 Å². The van der Waals surface area contributed by atoms with Gasteiger partial charge in [0.2, 0.25) is 0 Å². The summed E-state index contributed by atoms with van der Waals surface area (Å²) in [6.45, 7) is 13.7. The van der Waals surface area contributed by atoms with E-state index >= 15 is 0 Å². The van der Waals surface area contributed by atoms with Gasteiger partial charge in [0, 0.05) is 23.3 Å². The lowest BCUT2D eigenvalue weighted by atomic mass is 9.71. The van der Waals surface area contributed by atoms with Crippen LogP contribution in [0.15, 0.2) is 35.5 Å². The zero-order chi connectivity index (χ0) is 38.6. The number of carboxylic acids is 2. The van der Waals surface area contributed by atoms with Crippen LogP contribution in [0, 0.1) is 17.8 Å². The second kappa shape index (κ2) is 30.0.